The normalized spacial score (nSPS) is 10.2. The number of benzene rings is 2. The van der Waals surface area contributed by atoms with Gasteiger partial charge in [-0.3, -0.25) is 15.4 Å². The lowest BCUT2D eigenvalue weighted by Gasteiger charge is -2.09. The molecule has 0 radical (unpaired) electrons. The summed E-state index contributed by atoms with van der Waals surface area (Å²) in [6, 6.07) is 7.76. The predicted molar refractivity (Wildman–Crippen MR) is 75.1 cm³/mol. The van der Waals surface area contributed by atoms with Gasteiger partial charge in [0.15, 0.2) is 0 Å². The highest BCUT2D eigenvalue weighted by Gasteiger charge is 2.21. The fourth-order valence-corrected chi connectivity index (χ4v) is 2.08. The summed E-state index contributed by atoms with van der Waals surface area (Å²) in [5.74, 6) is -0.590. The third kappa shape index (κ3) is 3.09. The zero-order chi connectivity index (χ0) is 15.6. The van der Waals surface area contributed by atoms with E-state index in [1.807, 2.05) is 5.32 Å². The van der Waals surface area contributed by atoms with Gasteiger partial charge in [0.2, 0.25) is 0 Å². The van der Waals surface area contributed by atoms with E-state index in [9.17, 15) is 19.3 Å². The molecular weight excluding hydrogens is 303 g/mol. The molecular formula is C13H8ClFN2O4. The Morgan fingerprint density at radius 2 is 1.95 bits per heavy atom. The summed E-state index contributed by atoms with van der Waals surface area (Å²) in [6.45, 7) is 0. The van der Waals surface area contributed by atoms with Crippen LogP contribution in [0.1, 0.15) is 0 Å². The third-order valence-electron chi connectivity index (χ3n) is 2.69. The van der Waals surface area contributed by atoms with Gasteiger partial charge in [0, 0.05) is 17.2 Å². The maximum Gasteiger partial charge on any atom is 0.409 e. The number of hydrogen-bond acceptors (Lipinski definition) is 3. The van der Waals surface area contributed by atoms with Crippen LogP contribution >= 0.6 is 11.6 Å². The second-order valence-electron chi connectivity index (χ2n) is 4.02. The number of halogens is 2. The summed E-state index contributed by atoms with van der Waals surface area (Å²) < 4.78 is 13.8. The molecule has 2 rings (SSSR count). The Bertz CT molecular complexity index is 736. The molecule has 0 unspecified atom stereocenters. The molecule has 0 bridgehead atoms. The van der Waals surface area contributed by atoms with Crippen molar-refractivity contribution in [2.45, 2.75) is 0 Å². The van der Waals surface area contributed by atoms with Gasteiger partial charge < -0.3 is 5.11 Å². The van der Waals surface area contributed by atoms with Gasteiger partial charge in [-0.1, -0.05) is 29.8 Å². The van der Waals surface area contributed by atoms with Crippen molar-refractivity contribution >= 4 is 29.1 Å². The van der Waals surface area contributed by atoms with Crippen LogP contribution in [0.2, 0.25) is 5.02 Å². The number of carbonyl (C=O) groups is 1. The van der Waals surface area contributed by atoms with Crippen LogP contribution in [0, 0.1) is 15.9 Å². The minimum absolute atomic E-state index is 0.00514. The van der Waals surface area contributed by atoms with Crippen molar-refractivity contribution in [3.05, 3.63) is 57.4 Å². The first-order valence-electron chi connectivity index (χ1n) is 5.63. The Morgan fingerprint density at radius 1 is 1.29 bits per heavy atom. The predicted octanol–water partition coefficient (Wildman–Crippen LogP) is 4.14. The first-order valence-corrected chi connectivity index (χ1v) is 6.00. The van der Waals surface area contributed by atoms with Crippen LogP contribution < -0.4 is 5.32 Å². The fourth-order valence-electron chi connectivity index (χ4n) is 1.81. The minimum Gasteiger partial charge on any atom is -0.465 e. The highest BCUT2D eigenvalue weighted by Crippen LogP contribution is 2.37. The molecule has 21 heavy (non-hydrogen) atoms. The number of nitro groups is 1. The van der Waals surface area contributed by atoms with Crippen molar-refractivity contribution in [3.63, 3.8) is 0 Å². The van der Waals surface area contributed by atoms with E-state index in [0.29, 0.717) is 0 Å². The van der Waals surface area contributed by atoms with Gasteiger partial charge in [-0.25, -0.2) is 9.18 Å². The lowest BCUT2D eigenvalue weighted by Crippen LogP contribution is -2.09. The molecule has 2 N–H and O–H groups in total. The number of carboxylic acid groups (broad SMARTS) is 1. The van der Waals surface area contributed by atoms with Crippen LogP contribution in [0.25, 0.3) is 11.1 Å². The third-order valence-corrected chi connectivity index (χ3v) is 3.00. The topological polar surface area (TPSA) is 92.5 Å². The highest BCUT2D eigenvalue weighted by atomic mass is 35.5. The van der Waals surface area contributed by atoms with Gasteiger partial charge in [-0.2, -0.15) is 0 Å². The Kier molecular flexibility index (Phi) is 4.04. The van der Waals surface area contributed by atoms with Crippen LogP contribution in [0.3, 0.4) is 0 Å². The van der Waals surface area contributed by atoms with Crippen molar-refractivity contribution in [2.24, 2.45) is 0 Å². The number of nitrogens with one attached hydrogen (secondary N) is 1. The molecule has 0 atom stereocenters. The van der Waals surface area contributed by atoms with Crippen molar-refractivity contribution in [1.82, 2.24) is 0 Å². The summed E-state index contributed by atoms with van der Waals surface area (Å²) in [4.78, 5) is 20.9. The lowest BCUT2D eigenvalue weighted by atomic mass is 10.0. The van der Waals surface area contributed by atoms with Gasteiger partial charge in [0.25, 0.3) is 5.69 Å². The summed E-state index contributed by atoms with van der Waals surface area (Å²) in [5.41, 5.74) is -0.595. The second kappa shape index (κ2) is 5.76. The Morgan fingerprint density at radius 3 is 2.52 bits per heavy atom. The van der Waals surface area contributed by atoms with Crippen LogP contribution in [0.15, 0.2) is 36.4 Å². The minimum atomic E-state index is -1.46. The largest absolute Gasteiger partial charge is 0.465 e. The van der Waals surface area contributed by atoms with E-state index >= 15 is 0 Å². The van der Waals surface area contributed by atoms with E-state index in [4.69, 9.17) is 16.7 Å². The van der Waals surface area contributed by atoms with Gasteiger partial charge in [0.1, 0.15) is 11.5 Å². The zero-order valence-electron chi connectivity index (χ0n) is 10.3. The van der Waals surface area contributed by atoms with E-state index in [2.05, 4.69) is 0 Å². The first-order chi connectivity index (χ1) is 9.90. The number of nitro benzene ring substituents is 1. The molecule has 2 aromatic rings. The van der Waals surface area contributed by atoms with Gasteiger partial charge in [-0.05, 0) is 12.1 Å². The molecule has 0 aliphatic rings. The van der Waals surface area contributed by atoms with Crippen molar-refractivity contribution in [3.8, 4) is 11.1 Å². The Balaban J connectivity index is 2.65. The molecule has 0 aliphatic carbocycles. The number of rotatable bonds is 3. The molecule has 108 valence electrons. The van der Waals surface area contributed by atoms with Crippen molar-refractivity contribution in [2.75, 3.05) is 5.32 Å². The van der Waals surface area contributed by atoms with E-state index in [0.717, 1.165) is 12.1 Å². The fraction of sp³-hybridized carbons (Fsp3) is 0. The van der Waals surface area contributed by atoms with Crippen LogP contribution in [-0.2, 0) is 0 Å². The monoisotopic (exact) mass is 310 g/mol. The maximum absolute atomic E-state index is 13.8. The van der Waals surface area contributed by atoms with Gasteiger partial charge in [-0.15, -0.1) is 0 Å². The van der Waals surface area contributed by atoms with Crippen LogP contribution in [0.4, 0.5) is 20.6 Å². The molecule has 0 heterocycles. The second-order valence-corrected chi connectivity index (χ2v) is 4.42. The molecule has 0 saturated carbocycles. The summed E-state index contributed by atoms with van der Waals surface area (Å²) in [5, 5.41) is 21.6. The SMILES string of the molecule is O=C(O)Nc1cc(Cl)c(-c2ccccc2F)cc1[N+](=O)[O-]. The number of nitrogens with zero attached hydrogens (tertiary/aromatic N) is 1. The standard InChI is InChI=1S/C13H8ClFN2O4/c14-9-6-11(16-13(18)19)12(17(20)21)5-8(9)7-3-1-2-4-10(7)15/h1-6,16H,(H,18,19). The number of anilines is 1. The summed E-state index contributed by atoms with van der Waals surface area (Å²) >= 11 is 5.97. The Hall–Kier alpha value is -2.67. The average molecular weight is 311 g/mol. The van der Waals surface area contributed by atoms with Crippen molar-refractivity contribution < 1.29 is 19.2 Å². The number of hydrogen-bond donors (Lipinski definition) is 2. The van der Waals surface area contributed by atoms with Gasteiger partial charge in [0.05, 0.1) is 9.95 Å². The molecule has 0 spiro atoms. The van der Waals surface area contributed by atoms with E-state index in [1.54, 1.807) is 6.07 Å². The molecule has 0 saturated heterocycles. The van der Waals surface area contributed by atoms with Crippen molar-refractivity contribution in [1.29, 1.82) is 0 Å². The average Bonchev–Trinajstić information content (AvgIpc) is 2.39. The summed E-state index contributed by atoms with van der Waals surface area (Å²) in [7, 11) is 0. The molecule has 0 fully saturated rings. The first kappa shape index (κ1) is 14.7. The van der Waals surface area contributed by atoms with E-state index in [1.165, 1.54) is 18.2 Å². The maximum atomic E-state index is 13.8. The van der Waals surface area contributed by atoms with Crippen LogP contribution in [0.5, 0.6) is 0 Å². The molecule has 6 nitrogen and oxygen atoms in total. The number of amides is 1. The summed E-state index contributed by atoms with van der Waals surface area (Å²) in [6.07, 6.45) is -1.46. The lowest BCUT2D eigenvalue weighted by molar-refractivity contribution is -0.383. The molecule has 0 aromatic heterocycles. The highest BCUT2D eigenvalue weighted by molar-refractivity contribution is 6.34. The zero-order valence-corrected chi connectivity index (χ0v) is 11.1. The molecule has 8 heteroatoms. The van der Waals surface area contributed by atoms with E-state index in [-0.39, 0.29) is 21.8 Å². The molecule has 1 amide bonds. The van der Waals surface area contributed by atoms with E-state index < -0.39 is 22.5 Å². The van der Waals surface area contributed by atoms with Gasteiger partial charge >= 0.3 is 6.09 Å². The Labute approximate surface area is 122 Å². The molecule has 2 aromatic carbocycles. The van der Waals surface area contributed by atoms with Crippen LogP contribution in [-0.4, -0.2) is 16.1 Å². The smallest absolute Gasteiger partial charge is 0.409 e. The quantitative estimate of drug-likeness (QED) is 0.658. The molecule has 0 aliphatic heterocycles.